The molecule has 0 aliphatic heterocycles. The van der Waals surface area contributed by atoms with E-state index in [4.69, 9.17) is 15.2 Å². The van der Waals surface area contributed by atoms with E-state index in [-0.39, 0.29) is 23.7 Å². The monoisotopic (exact) mass is 342 g/mol. The van der Waals surface area contributed by atoms with Crippen LogP contribution in [-0.4, -0.2) is 44.7 Å². The lowest BCUT2D eigenvalue weighted by Crippen LogP contribution is -2.46. The molecule has 1 saturated carbocycles. The van der Waals surface area contributed by atoms with Gasteiger partial charge in [-0.1, -0.05) is 12.8 Å². The number of carbonyl (C=O) groups is 1. The van der Waals surface area contributed by atoms with Crippen molar-refractivity contribution >= 4 is 18.3 Å². The van der Waals surface area contributed by atoms with Gasteiger partial charge in [-0.25, -0.2) is 0 Å². The van der Waals surface area contributed by atoms with E-state index in [1.54, 1.807) is 12.0 Å². The Morgan fingerprint density at radius 3 is 2.30 bits per heavy atom. The Labute approximate surface area is 144 Å². The summed E-state index contributed by atoms with van der Waals surface area (Å²) in [5.41, 5.74) is 5.53. The van der Waals surface area contributed by atoms with Crippen molar-refractivity contribution < 1.29 is 14.3 Å². The van der Waals surface area contributed by atoms with Gasteiger partial charge in [0.15, 0.2) is 0 Å². The average Bonchev–Trinajstić information content (AvgIpc) is 3.05. The van der Waals surface area contributed by atoms with E-state index in [2.05, 4.69) is 0 Å². The zero-order chi connectivity index (χ0) is 16.0. The first-order valence-corrected chi connectivity index (χ1v) is 7.84. The van der Waals surface area contributed by atoms with Crippen molar-refractivity contribution in [3.63, 3.8) is 0 Å². The first-order chi connectivity index (χ1) is 10.6. The number of nitrogens with zero attached hydrogens (tertiary/aromatic N) is 1. The van der Waals surface area contributed by atoms with E-state index in [9.17, 15) is 4.79 Å². The standard InChI is InChI=1S/C17H26N2O3.ClH/c1-19(16(20)17(13-18)9-3-4-10-17)11-12-22-15-7-5-14(21-2)6-8-15;/h5-8H,3-4,9-13,18H2,1-2H3;1H. The molecule has 23 heavy (non-hydrogen) atoms. The minimum atomic E-state index is -0.338. The van der Waals surface area contributed by atoms with E-state index >= 15 is 0 Å². The third-order valence-corrected chi connectivity index (χ3v) is 4.51. The predicted molar refractivity (Wildman–Crippen MR) is 93.3 cm³/mol. The van der Waals surface area contributed by atoms with Crippen molar-refractivity contribution in [3.8, 4) is 11.5 Å². The van der Waals surface area contributed by atoms with Gasteiger partial charge in [0.1, 0.15) is 18.1 Å². The molecular weight excluding hydrogens is 316 g/mol. The van der Waals surface area contributed by atoms with E-state index in [1.807, 2.05) is 31.3 Å². The van der Waals surface area contributed by atoms with Crippen LogP contribution < -0.4 is 15.2 Å². The minimum absolute atomic E-state index is 0. The van der Waals surface area contributed by atoms with Gasteiger partial charge in [-0.3, -0.25) is 4.79 Å². The molecule has 0 aromatic heterocycles. The van der Waals surface area contributed by atoms with Crippen molar-refractivity contribution in [1.82, 2.24) is 4.90 Å². The van der Waals surface area contributed by atoms with Crippen molar-refractivity contribution in [3.05, 3.63) is 24.3 Å². The lowest BCUT2D eigenvalue weighted by molar-refractivity contribution is -0.140. The molecule has 0 spiro atoms. The Morgan fingerprint density at radius 2 is 1.78 bits per heavy atom. The van der Waals surface area contributed by atoms with Gasteiger partial charge >= 0.3 is 0 Å². The summed E-state index contributed by atoms with van der Waals surface area (Å²) in [7, 11) is 3.46. The highest BCUT2D eigenvalue weighted by atomic mass is 35.5. The maximum Gasteiger partial charge on any atom is 0.229 e. The van der Waals surface area contributed by atoms with Crippen molar-refractivity contribution in [2.24, 2.45) is 11.1 Å². The molecule has 5 nitrogen and oxygen atoms in total. The Morgan fingerprint density at radius 1 is 1.22 bits per heavy atom. The van der Waals surface area contributed by atoms with Gasteiger partial charge in [-0.05, 0) is 37.1 Å². The maximum atomic E-state index is 12.6. The second kappa shape index (κ2) is 8.99. The van der Waals surface area contributed by atoms with Gasteiger partial charge in [0.05, 0.1) is 19.1 Å². The van der Waals surface area contributed by atoms with E-state index in [0.29, 0.717) is 19.7 Å². The van der Waals surface area contributed by atoms with Crippen molar-refractivity contribution in [2.45, 2.75) is 25.7 Å². The molecule has 0 saturated heterocycles. The fourth-order valence-corrected chi connectivity index (χ4v) is 3.04. The van der Waals surface area contributed by atoms with E-state index < -0.39 is 0 Å². The summed E-state index contributed by atoms with van der Waals surface area (Å²) in [6, 6.07) is 7.43. The summed E-state index contributed by atoms with van der Waals surface area (Å²) in [5.74, 6) is 1.73. The molecule has 130 valence electrons. The zero-order valence-corrected chi connectivity index (χ0v) is 14.7. The molecule has 0 radical (unpaired) electrons. The molecule has 2 rings (SSSR count). The molecule has 0 unspecified atom stereocenters. The fraction of sp³-hybridized carbons (Fsp3) is 0.588. The number of ether oxygens (including phenoxy) is 2. The van der Waals surface area contributed by atoms with Crippen LogP contribution in [0.2, 0.25) is 0 Å². The topological polar surface area (TPSA) is 64.8 Å². The molecule has 1 aliphatic carbocycles. The second-order valence-corrected chi connectivity index (χ2v) is 5.94. The lowest BCUT2D eigenvalue weighted by Gasteiger charge is -2.31. The lowest BCUT2D eigenvalue weighted by atomic mass is 9.85. The van der Waals surface area contributed by atoms with E-state index in [0.717, 1.165) is 37.2 Å². The zero-order valence-electron chi connectivity index (χ0n) is 13.9. The van der Waals surface area contributed by atoms with Gasteiger partial charge in [0, 0.05) is 13.6 Å². The molecule has 0 bridgehead atoms. The van der Waals surface area contributed by atoms with Gasteiger partial charge in [-0.15, -0.1) is 12.4 Å². The van der Waals surface area contributed by atoms with Crippen LogP contribution in [-0.2, 0) is 4.79 Å². The van der Waals surface area contributed by atoms with Crippen LogP contribution in [0.25, 0.3) is 0 Å². The summed E-state index contributed by atoms with van der Waals surface area (Å²) in [6.07, 6.45) is 4.01. The highest BCUT2D eigenvalue weighted by molar-refractivity contribution is 5.85. The molecule has 1 amide bonds. The molecule has 1 fully saturated rings. The largest absolute Gasteiger partial charge is 0.497 e. The van der Waals surface area contributed by atoms with E-state index in [1.165, 1.54) is 0 Å². The average molecular weight is 343 g/mol. The number of carbonyl (C=O) groups excluding carboxylic acids is 1. The highest BCUT2D eigenvalue weighted by Gasteiger charge is 2.41. The number of hydrogen-bond donors (Lipinski definition) is 1. The molecule has 1 aromatic carbocycles. The smallest absolute Gasteiger partial charge is 0.229 e. The number of amides is 1. The van der Waals surface area contributed by atoms with Crippen LogP contribution in [0.15, 0.2) is 24.3 Å². The number of likely N-dealkylation sites (N-methyl/N-ethyl adjacent to an activating group) is 1. The number of hydrogen-bond acceptors (Lipinski definition) is 4. The summed E-state index contributed by atoms with van der Waals surface area (Å²) >= 11 is 0. The third-order valence-electron chi connectivity index (χ3n) is 4.51. The Bertz CT molecular complexity index is 487. The Hall–Kier alpha value is -1.46. The molecule has 0 heterocycles. The number of nitrogens with two attached hydrogens (primary N) is 1. The number of methoxy groups -OCH3 is 1. The highest BCUT2D eigenvalue weighted by Crippen LogP contribution is 2.38. The molecular formula is C17H27ClN2O3. The predicted octanol–water partition coefficient (Wildman–Crippen LogP) is 2.47. The normalized spacial score (nSPS) is 15.6. The number of benzene rings is 1. The first-order valence-electron chi connectivity index (χ1n) is 7.84. The summed E-state index contributed by atoms with van der Waals surface area (Å²) < 4.78 is 10.8. The summed E-state index contributed by atoms with van der Waals surface area (Å²) in [6.45, 7) is 1.47. The van der Waals surface area contributed by atoms with Crippen LogP contribution in [0.5, 0.6) is 11.5 Å². The molecule has 6 heteroatoms. The van der Waals surface area contributed by atoms with Gasteiger partial charge < -0.3 is 20.1 Å². The minimum Gasteiger partial charge on any atom is -0.497 e. The Balaban J connectivity index is 0.00000264. The van der Waals surface area contributed by atoms with Crippen LogP contribution >= 0.6 is 12.4 Å². The second-order valence-electron chi connectivity index (χ2n) is 5.94. The van der Waals surface area contributed by atoms with Crippen molar-refractivity contribution in [1.29, 1.82) is 0 Å². The fourth-order valence-electron chi connectivity index (χ4n) is 3.04. The summed E-state index contributed by atoms with van der Waals surface area (Å²) in [5, 5.41) is 0. The van der Waals surface area contributed by atoms with Crippen LogP contribution in [0.1, 0.15) is 25.7 Å². The van der Waals surface area contributed by atoms with Gasteiger partial charge in [-0.2, -0.15) is 0 Å². The van der Waals surface area contributed by atoms with Crippen molar-refractivity contribution in [2.75, 3.05) is 33.9 Å². The van der Waals surface area contributed by atoms with Crippen LogP contribution in [0.4, 0.5) is 0 Å². The Kier molecular flexibility index (Phi) is 7.65. The molecule has 0 atom stereocenters. The van der Waals surface area contributed by atoms with Crippen LogP contribution in [0, 0.1) is 5.41 Å². The number of halogens is 1. The summed E-state index contributed by atoms with van der Waals surface area (Å²) in [4.78, 5) is 14.3. The molecule has 2 N–H and O–H groups in total. The molecule has 1 aliphatic rings. The number of rotatable bonds is 7. The SMILES string of the molecule is COc1ccc(OCCN(C)C(=O)C2(CN)CCCC2)cc1.Cl. The van der Waals surface area contributed by atoms with Gasteiger partial charge in [0.2, 0.25) is 5.91 Å². The molecule has 1 aromatic rings. The quantitative estimate of drug-likeness (QED) is 0.826. The van der Waals surface area contributed by atoms with Crippen LogP contribution in [0.3, 0.4) is 0 Å². The third kappa shape index (κ3) is 4.75. The maximum absolute atomic E-state index is 12.6. The van der Waals surface area contributed by atoms with Gasteiger partial charge in [0.25, 0.3) is 0 Å². The first kappa shape index (κ1) is 19.6.